The maximum atomic E-state index is 13.8. The highest BCUT2D eigenvalue weighted by Gasteiger charge is 2.32. The Labute approximate surface area is 225 Å². The normalized spacial score (nSPS) is 14.3. The van der Waals surface area contributed by atoms with Gasteiger partial charge in [-0.1, -0.05) is 97.8 Å². The number of nitrogens with one attached hydrogen (secondary N) is 1. The van der Waals surface area contributed by atoms with E-state index in [9.17, 15) is 9.59 Å². The van der Waals surface area contributed by atoms with Gasteiger partial charge in [-0.25, -0.2) is 0 Å². The van der Waals surface area contributed by atoms with Crippen LogP contribution >= 0.6 is 11.8 Å². The van der Waals surface area contributed by atoms with E-state index in [-0.39, 0.29) is 17.9 Å². The lowest BCUT2D eigenvalue weighted by atomic mass is 10.0. The van der Waals surface area contributed by atoms with Gasteiger partial charge < -0.3 is 10.2 Å². The highest BCUT2D eigenvalue weighted by Crippen LogP contribution is 2.22. The van der Waals surface area contributed by atoms with Gasteiger partial charge in [-0.15, -0.1) is 0 Å². The zero-order valence-electron chi connectivity index (χ0n) is 21.8. The Bertz CT molecular complexity index is 1130. The fraction of sp³-hybridized carbons (Fsp3) is 0.375. The molecule has 3 aromatic carbocycles. The average molecular weight is 515 g/mol. The second-order valence-corrected chi connectivity index (χ2v) is 11.0. The molecule has 194 valence electrons. The molecule has 1 saturated carbocycles. The summed E-state index contributed by atoms with van der Waals surface area (Å²) in [5.74, 6) is 1.60. The van der Waals surface area contributed by atoms with E-state index in [1.54, 1.807) is 11.8 Å². The van der Waals surface area contributed by atoms with Gasteiger partial charge in [-0.2, -0.15) is 11.8 Å². The molecule has 0 aromatic heterocycles. The van der Waals surface area contributed by atoms with Gasteiger partial charge >= 0.3 is 0 Å². The van der Waals surface area contributed by atoms with E-state index in [1.165, 1.54) is 5.56 Å². The summed E-state index contributed by atoms with van der Waals surface area (Å²) in [5.41, 5.74) is 4.54. The Morgan fingerprint density at radius 2 is 1.51 bits per heavy atom. The van der Waals surface area contributed by atoms with Crippen LogP contribution in [0.5, 0.6) is 0 Å². The van der Waals surface area contributed by atoms with Crippen LogP contribution in [0.4, 0.5) is 0 Å². The van der Waals surface area contributed by atoms with Gasteiger partial charge in [0.25, 0.3) is 0 Å². The lowest BCUT2D eigenvalue weighted by Gasteiger charge is -2.33. The Morgan fingerprint density at radius 1 is 0.892 bits per heavy atom. The van der Waals surface area contributed by atoms with E-state index < -0.39 is 6.04 Å². The first-order chi connectivity index (χ1) is 18.1. The molecule has 1 atom stereocenters. The number of carbonyl (C=O) groups excluding carboxylic acids is 2. The molecule has 0 heterocycles. The van der Waals surface area contributed by atoms with Crippen LogP contribution < -0.4 is 5.32 Å². The third-order valence-electron chi connectivity index (χ3n) is 7.15. The van der Waals surface area contributed by atoms with Gasteiger partial charge in [0.05, 0.1) is 0 Å². The number of benzene rings is 3. The molecule has 1 aliphatic carbocycles. The topological polar surface area (TPSA) is 49.4 Å². The van der Waals surface area contributed by atoms with Crippen LogP contribution in [0.15, 0.2) is 84.9 Å². The number of hydrogen-bond donors (Lipinski definition) is 1. The summed E-state index contributed by atoms with van der Waals surface area (Å²) in [6.07, 6.45) is 5.26. The van der Waals surface area contributed by atoms with E-state index in [0.717, 1.165) is 53.9 Å². The minimum absolute atomic E-state index is 0.0328. The van der Waals surface area contributed by atoms with Crippen molar-refractivity contribution in [2.24, 2.45) is 0 Å². The second kappa shape index (κ2) is 14.0. The highest BCUT2D eigenvalue weighted by atomic mass is 32.2. The van der Waals surface area contributed by atoms with E-state index in [4.69, 9.17) is 0 Å². The average Bonchev–Trinajstić information content (AvgIpc) is 3.43. The first-order valence-electron chi connectivity index (χ1n) is 13.4. The number of amides is 2. The fourth-order valence-electron chi connectivity index (χ4n) is 4.96. The predicted molar refractivity (Wildman–Crippen MR) is 153 cm³/mol. The van der Waals surface area contributed by atoms with Gasteiger partial charge in [0, 0.05) is 36.9 Å². The third-order valence-corrected chi connectivity index (χ3v) is 8.18. The molecule has 1 fully saturated rings. The van der Waals surface area contributed by atoms with Crippen LogP contribution in [-0.4, -0.2) is 34.6 Å². The Balaban J connectivity index is 1.53. The molecular weight excluding hydrogens is 476 g/mol. The molecule has 0 aliphatic heterocycles. The highest BCUT2D eigenvalue weighted by molar-refractivity contribution is 7.98. The first kappa shape index (κ1) is 27.0. The summed E-state index contributed by atoms with van der Waals surface area (Å²) in [6, 6.07) is 28.2. The van der Waals surface area contributed by atoms with Crippen LogP contribution in [0, 0.1) is 6.92 Å². The Hall–Kier alpha value is -3.05. The molecule has 37 heavy (non-hydrogen) atoms. The quantitative estimate of drug-likeness (QED) is 0.288. The van der Waals surface area contributed by atoms with Crippen molar-refractivity contribution in [3.8, 4) is 0 Å². The number of thioether (sulfide) groups is 1. The minimum Gasteiger partial charge on any atom is -0.352 e. The molecule has 0 unspecified atom stereocenters. The lowest BCUT2D eigenvalue weighted by molar-refractivity contribution is -0.141. The van der Waals surface area contributed by atoms with Crippen molar-refractivity contribution in [2.45, 2.75) is 69.8 Å². The predicted octanol–water partition coefficient (Wildman–Crippen LogP) is 6.32. The summed E-state index contributed by atoms with van der Waals surface area (Å²) in [6.45, 7) is 2.50. The standard InChI is InChI=1S/C32H38N2O2S/c1-25-12-8-9-17-28(25)23-34(31(35)20-21-37-24-27-15-6-3-7-16-27)30(22-26-13-4-2-5-14-26)32(36)33-29-18-10-11-19-29/h2-9,12-17,29-30H,10-11,18-24H2,1H3,(H,33,36)/t30-/m1/s1. The zero-order valence-corrected chi connectivity index (χ0v) is 22.6. The number of carbonyl (C=O) groups is 2. The summed E-state index contributed by atoms with van der Waals surface area (Å²) in [7, 11) is 0. The van der Waals surface area contributed by atoms with Crippen LogP contribution in [0.1, 0.15) is 54.4 Å². The number of nitrogens with zero attached hydrogens (tertiary/aromatic N) is 1. The largest absolute Gasteiger partial charge is 0.352 e. The molecule has 0 radical (unpaired) electrons. The molecule has 2 amide bonds. The maximum absolute atomic E-state index is 13.8. The number of rotatable bonds is 12. The molecule has 0 bridgehead atoms. The van der Waals surface area contributed by atoms with Crippen molar-refractivity contribution in [1.29, 1.82) is 0 Å². The van der Waals surface area contributed by atoms with E-state index in [2.05, 4.69) is 36.5 Å². The van der Waals surface area contributed by atoms with Crippen molar-refractivity contribution >= 4 is 23.6 Å². The molecular formula is C32H38N2O2S. The van der Waals surface area contributed by atoms with Crippen molar-refractivity contribution in [1.82, 2.24) is 10.2 Å². The van der Waals surface area contributed by atoms with Crippen molar-refractivity contribution in [3.63, 3.8) is 0 Å². The van der Waals surface area contributed by atoms with Crippen LogP contribution in [0.25, 0.3) is 0 Å². The third kappa shape index (κ3) is 8.22. The monoisotopic (exact) mass is 514 g/mol. The molecule has 3 aromatic rings. The van der Waals surface area contributed by atoms with Gasteiger partial charge in [-0.3, -0.25) is 9.59 Å². The number of hydrogen-bond acceptors (Lipinski definition) is 3. The zero-order chi connectivity index (χ0) is 25.9. The molecule has 0 saturated heterocycles. The fourth-order valence-corrected chi connectivity index (χ4v) is 5.85. The van der Waals surface area contributed by atoms with Gasteiger partial charge in [0.2, 0.25) is 11.8 Å². The lowest BCUT2D eigenvalue weighted by Crippen LogP contribution is -2.52. The maximum Gasteiger partial charge on any atom is 0.243 e. The minimum atomic E-state index is -0.547. The van der Waals surface area contributed by atoms with Crippen LogP contribution in [0.3, 0.4) is 0 Å². The second-order valence-electron chi connectivity index (χ2n) is 9.93. The first-order valence-corrected chi connectivity index (χ1v) is 14.6. The van der Waals surface area contributed by atoms with Gasteiger partial charge in [-0.05, 0) is 42.0 Å². The summed E-state index contributed by atoms with van der Waals surface area (Å²) < 4.78 is 0. The molecule has 4 nitrogen and oxygen atoms in total. The Kier molecular flexibility index (Phi) is 10.2. The molecule has 4 rings (SSSR count). The van der Waals surface area contributed by atoms with Gasteiger partial charge in [0.1, 0.15) is 6.04 Å². The summed E-state index contributed by atoms with van der Waals surface area (Å²) >= 11 is 1.76. The summed E-state index contributed by atoms with van der Waals surface area (Å²) in [5, 5.41) is 3.29. The summed E-state index contributed by atoms with van der Waals surface area (Å²) in [4.78, 5) is 29.3. The van der Waals surface area contributed by atoms with Crippen LogP contribution in [-0.2, 0) is 28.3 Å². The SMILES string of the molecule is Cc1ccccc1CN(C(=O)CCSCc1ccccc1)[C@H](Cc1ccccc1)C(=O)NC1CCCC1. The van der Waals surface area contributed by atoms with E-state index >= 15 is 0 Å². The molecule has 1 aliphatic rings. The molecule has 1 N–H and O–H groups in total. The van der Waals surface area contributed by atoms with Crippen LogP contribution in [0.2, 0.25) is 0 Å². The van der Waals surface area contributed by atoms with Crippen molar-refractivity contribution in [3.05, 3.63) is 107 Å². The van der Waals surface area contributed by atoms with E-state index in [0.29, 0.717) is 19.4 Å². The smallest absolute Gasteiger partial charge is 0.243 e. The molecule has 0 spiro atoms. The van der Waals surface area contributed by atoms with E-state index in [1.807, 2.05) is 65.6 Å². The van der Waals surface area contributed by atoms with Crippen molar-refractivity contribution in [2.75, 3.05) is 5.75 Å². The Morgan fingerprint density at radius 3 is 2.19 bits per heavy atom. The van der Waals surface area contributed by atoms with Gasteiger partial charge in [0.15, 0.2) is 0 Å². The number of aryl methyl sites for hydroxylation is 1. The molecule has 5 heteroatoms. The van der Waals surface area contributed by atoms with Crippen molar-refractivity contribution < 1.29 is 9.59 Å².